The molecule has 0 saturated heterocycles. The van der Waals surface area contributed by atoms with Gasteiger partial charge in [0.05, 0.1) is 6.61 Å². The van der Waals surface area contributed by atoms with Crippen LogP contribution in [-0.2, 0) is 14.3 Å². The smallest absolute Gasteiger partial charge is 0.411 e. The Bertz CT molecular complexity index is 258. The standard InChI is InChI=1S/C11H20F3NO3/c1-4-15-10(3,9(16)18-5-2)6-7-17-8-11(12,13)14/h15H,4-8H2,1-3H3. The van der Waals surface area contributed by atoms with Crippen LogP contribution in [0.5, 0.6) is 0 Å². The van der Waals surface area contributed by atoms with Gasteiger partial charge in [0.1, 0.15) is 12.1 Å². The van der Waals surface area contributed by atoms with Gasteiger partial charge in [-0.25, -0.2) is 0 Å². The van der Waals surface area contributed by atoms with Gasteiger partial charge in [-0.3, -0.25) is 4.79 Å². The average molecular weight is 271 g/mol. The molecule has 0 aliphatic rings. The van der Waals surface area contributed by atoms with Crippen molar-refractivity contribution in [1.29, 1.82) is 0 Å². The van der Waals surface area contributed by atoms with E-state index in [1.807, 2.05) is 0 Å². The lowest BCUT2D eigenvalue weighted by molar-refractivity contribution is -0.175. The van der Waals surface area contributed by atoms with Gasteiger partial charge in [-0.1, -0.05) is 6.92 Å². The second-order valence-corrected chi connectivity index (χ2v) is 4.00. The van der Waals surface area contributed by atoms with Crippen molar-refractivity contribution in [2.24, 2.45) is 0 Å². The second kappa shape index (κ2) is 7.58. The summed E-state index contributed by atoms with van der Waals surface area (Å²) in [4.78, 5) is 11.7. The summed E-state index contributed by atoms with van der Waals surface area (Å²) in [6.07, 6.45) is -4.23. The number of nitrogens with one attached hydrogen (secondary N) is 1. The van der Waals surface area contributed by atoms with E-state index in [1.54, 1.807) is 20.8 Å². The number of esters is 1. The summed E-state index contributed by atoms with van der Waals surface area (Å²) in [6.45, 7) is 4.32. The van der Waals surface area contributed by atoms with Gasteiger partial charge in [-0.2, -0.15) is 13.2 Å². The van der Waals surface area contributed by atoms with Gasteiger partial charge in [0, 0.05) is 6.61 Å². The summed E-state index contributed by atoms with van der Waals surface area (Å²) < 4.78 is 45.0. The van der Waals surface area contributed by atoms with E-state index in [4.69, 9.17) is 4.74 Å². The lowest BCUT2D eigenvalue weighted by Crippen LogP contribution is -2.51. The quantitative estimate of drug-likeness (QED) is 0.541. The Morgan fingerprint density at radius 2 is 1.89 bits per heavy atom. The Morgan fingerprint density at radius 3 is 2.33 bits per heavy atom. The summed E-state index contributed by atoms with van der Waals surface area (Å²) in [5.41, 5.74) is -1.02. The summed E-state index contributed by atoms with van der Waals surface area (Å²) in [7, 11) is 0. The van der Waals surface area contributed by atoms with E-state index in [0.717, 1.165) is 0 Å². The van der Waals surface area contributed by atoms with E-state index < -0.39 is 24.3 Å². The topological polar surface area (TPSA) is 47.6 Å². The molecule has 7 heteroatoms. The Kier molecular flexibility index (Phi) is 7.23. The number of carbonyl (C=O) groups excluding carboxylic acids is 1. The predicted octanol–water partition coefficient (Wildman–Crippen LogP) is 1.89. The van der Waals surface area contributed by atoms with Gasteiger partial charge in [0.25, 0.3) is 0 Å². The first kappa shape index (κ1) is 17.2. The van der Waals surface area contributed by atoms with Crippen molar-refractivity contribution >= 4 is 5.97 Å². The highest BCUT2D eigenvalue weighted by atomic mass is 19.4. The predicted molar refractivity (Wildman–Crippen MR) is 60.2 cm³/mol. The van der Waals surface area contributed by atoms with Crippen LogP contribution in [0.2, 0.25) is 0 Å². The molecule has 0 bridgehead atoms. The molecule has 1 N–H and O–H groups in total. The van der Waals surface area contributed by atoms with Crippen LogP contribution in [0.3, 0.4) is 0 Å². The van der Waals surface area contributed by atoms with Crippen LogP contribution in [0.15, 0.2) is 0 Å². The molecular formula is C11H20F3NO3. The number of rotatable bonds is 8. The van der Waals surface area contributed by atoms with Crippen LogP contribution in [-0.4, -0.2) is 44.0 Å². The molecule has 0 aliphatic carbocycles. The molecular weight excluding hydrogens is 251 g/mol. The van der Waals surface area contributed by atoms with Gasteiger partial charge in [-0.15, -0.1) is 0 Å². The van der Waals surface area contributed by atoms with E-state index in [0.29, 0.717) is 6.54 Å². The van der Waals surface area contributed by atoms with E-state index in [9.17, 15) is 18.0 Å². The van der Waals surface area contributed by atoms with Gasteiger partial charge in [-0.05, 0) is 26.8 Å². The Balaban J connectivity index is 4.22. The lowest BCUT2D eigenvalue weighted by atomic mass is 9.98. The normalized spacial score (nSPS) is 15.2. The zero-order valence-electron chi connectivity index (χ0n) is 10.9. The van der Waals surface area contributed by atoms with Gasteiger partial charge < -0.3 is 14.8 Å². The van der Waals surface area contributed by atoms with E-state index in [2.05, 4.69) is 10.1 Å². The number of hydrogen-bond acceptors (Lipinski definition) is 4. The van der Waals surface area contributed by atoms with Crippen LogP contribution in [0.4, 0.5) is 13.2 Å². The minimum Gasteiger partial charge on any atom is -0.465 e. The molecule has 0 fully saturated rings. The first-order valence-corrected chi connectivity index (χ1v) is 5.82. The Labute approximate surface area is 105 Å². The Hall–Kier alpha value is -0.820. The molecule has 1 atom stereocenters. The van der Waals surface area contributed by atoms with Gasteiger partial charge >= 0.3 is 12.1 Å². The molecule has 4 nitrogen and oxygen atoms in total. The molecule has 0 spiro atoms. The highest BCUT2D eigenvalue weighted by Gasteiger charge is 2.34. The zero-order valence-corrected chi connectivity index (χ0v) is 10.9. The maximum Gasteiger partial charge on any atom is 0.411 e. The minimum absolute atomic E-state index is 0.121. The van der Waals surface area contributed by atoms with Crippen LogP contribution in [0.1, 0.15) is 27.2 Å². The minimum atomic E-state index is -4.35. The number of carbonyl (C=O) groups is 1. The number of halogens is 3. The third-order valence-electron chi connectivity index (χ3n) is 2.31. The zero-order chi connectivity index (χ0) is 14.2. The second-order valence-electron chi connectivity index (χ2n) is 4.00. The third-order valence-corrected chi connectivity index (χ3v) is 2.31. The molecule has 0 heterocycles. The van der Waals surface area contributed by atoms with Gasteiger partial charge in [0.2, 0.25) is 0 Å². The van der Waals surface area contributed by atoms with Crippen molar-refractivity contribution in [3.05, 3.63) is 0 Å². The van der Waals surface area contributed by atoms with Crippen molar-refractivity contribution in [2.75, 3.05) is 26.4 Å². The van der Waals surface area contributed by atoms with E-state index >= 15 is 0 Å². The average Bonchev–Trinajstić information content (AvgIpc) is 2.24. The molecule has 0 rings (SSSR count). The molecule has 0 aromatic heterocycles. The third kappa shape index (κ3) is 6.80. The lowest BCUT2D eigenvalue weighted by Gasteiger charge is -2.28. The Morgan fingerprint density at radius 1 is 1.28 bits per heavy atom. The molecule has 0 saturated carbocycles. The van der Waals surface area contributed by atoms with Crippen LogP contribution in [0.25, 0.3) is 0 Å². The van der Waals surface area contributed by atoms with Crippen molar-refractivity contribution in [3.63, 3.8) is 0 Å². The highest BCUT2D eigenvalue weighted by Crippen LogP contribution is 2.16. The molecule has 0 aromatic rings. The van der Waals surface area contributed by atoms with E-state index in [-0.39, 0.29) is 19.6 Å². The largest absolute Gasteiger partial charge is 0.465 e. The monoisotopic (exact) mass is 271 g/mol. The molecule has 0 aromatic carbocycles. The molecule has 108 valence electrons. The fourth-order valence-corrected chi connectivity index (χ4v) is 1.41. The molecule has 18 heavy (non-hydrogen) atoms. The first-order chi connectivity index (χ1) is 8.25. The number of likely N-dealkylation sites (N-methyl/N-ethyl adjacent to an activating group) is 1. The number of alkyl halides is 3. The summed E-state index contributed by atoms with van der Waals surface area (Å²) >= 11 is 0. The van der Waals surface area contributed by atoms with Crippen molar-refractivity contribution in [2.45, 2.75) is 38.9 Å². The fourth-order valence-electron chi connectivity index (χ4n) is 1.41. The molecule has 0 aliphatic heterocycles. The maximum absolute atomic E-state index is 11.9. The van der Waals surface area contributed by atoms with Crippen LogP contribution >= 0.6 is 0 Å². The van der Waals surface area contributed by atoms with Crippen molar-refractivity contribution in [1.82, 2.24) is 5.32 Å². The van der Waals surface area contributed by atoms with Crippen LogP contribution in [0, 0.1) is 0 Å². The fraction of sp³-hybridized carbons (Fsp3) is 0.909. The molecule has 1 unspecified atom stereocenters. The summed E-state index contributed by atoms with van der Waals surface area (Å²) in [5.74, 6) is -0.484. The maximum atomic E-state index is 11.9. The summed E-state index contributed by atoms with van der Waals surface area (Å²) in [5, 5.41) is 2.91. The van der Waals surface area contributed by atoms with E-state index in [1.165, 1.54) is 0 Å². The highest BCUT2D eigenvalue weighted by molar-refractivity contribution is 5.80. The number of ether oxygens (including phenoxy) is 2. The van der Waals surface area contributed by atoms with Crippen molar-refractivity contribution < 1.29 is 27.4 Å². The summed E-state index contributed by atoms with van der Waals surface area (Å²) in [6, 6.07) is 0. The SMILES string of the molecule is CCNC(C)(CCOCC(F)(F)F)C(=O)OCC. The molecule has 0 radical (unpaired) electrons. The first-order valence-electron chi connectivity index (χ1n) is 5.82. The number of hydrogen-bond donors (Lipinski definition) is 1. The van der Waals surface area contributed by atoms with Gasteiger partial charge in [0.15, 0.2) is 0 Å². The molecule has 0 amide bonds. The van der Waals surface area contributed by atoms with Crippen LogP contribution < -0.4 is 5.32 Å². The van der Waals surface area contributed by atoms with Crippen molar-refractivity contribution in [3.8, 4) is 0 Å².